The summed E-state index contributed by atoms with van der Waals surface area (Å²) in [5.74, 6) is 0.0291. The summed E-state index contributed by atoms with van der Waals surface area (Å²) in [7, 11) is 0. The van der Waals surface area contributed by atoms with Crippen LogP contribution in [0, 0.1) is 11.8 Å². The number of carbonyl (C=O) groups is 2. The molecular weight excluding hydrogens is 447 g/mol. The average Bonchev–Trinajstić information content (AvgIpc) is 3.59. The Morgan fingerprint density at radius 3 is 2.69 bits per heavy atom. The molecular formula is C21H21ClF3N5O2. The Morgan fingerprint density at radius 2 is 2.00 bits per heavy atom. The summed E-state index contributed by atoms with van der Waals surface area (Å²) in [6, 6.07) is 2.38. The number of hydrogen-bond acceptors (Lipinski definition) is 6. The van der Waals surface area contributed by atoms with Crippen LogP contribution < -0.4 is 10.2 Å². The van der Waals surface area contributed by atoms with Crippen molar-refractivity contribution in [3.8, 4) is 0 Å². The molecule has 1 aliphatic heterocycles. The number of anilines is 2. The van der Waals surface area contributed by atoms with Gasteiger partial charge in [0, 0.05) is 37.8 Å². The number of aromatic nitrogens is 3. The predicted molar refractivity (Wildman–Crippen MR) is 112 cm³/mol. The third kappa shape index (κ3) is 5.35. The summed E-state index contributed by atoms with van der Waals surface area (Å²) in [5.41, 5.74) is -0.683. The minimum atomic E-state index is -4.51. The smallest absolute Gasteiger partial charge is 0.355 e. The van der Waals surface area contributed by atoms with E-state index in [0.717, 1.165) is 37.9 Å². The molecule has 1 aliphatic carbocycles. The van der Waals surface area contributed by atoms with E-state index in [2.05, 4.69) is 20.3 Å². The number of halogens is 4. The first-order valence-electron chi connectivity index (χ1n) is 10.4. The number of ketones is 1. The van der Waals surface area contributed by atoms with Crippen LogP contribution in [-0.2, 0) is 11.0 Å². The second kappa shape index (κ2) is 9.01. The van der Waals surface area contributed by atoms with Crippen molar-refractivity contribution in [3.63, 3.8) is 0 Å². The van der Waals surface area contributed by atoms with Gasteiger partial charge in [0.15, 0.2) is 5.78 Å². The highest BCUT2D eigenvalue weighted by Gasteiger charge is 2.33. The Hall–Kier alpha value is -2.75. The van der Waals surface area contributed by atoms with Gasteiger partial charge in [0.05, 0.1) is 10.6 Å². The maximum absolute atomic E-state index is 12.9. The molecule has 7 nitrogen and oxygen atoms in total. The SMILES string of the molecule is O=C(C[C@H]1CCCN(c2ncc(C(F)(F)F)cc2Cl)C1)c1ccnc(NC(=O)C2CC2)n1. The van der Waals surface area contributed by atoms with E-state index in [1.807, 2.05) is 4.90 Å². The van der Waals surface area contributed by atoms with Crippen LogP contribution in [0.15, 0.2) is 24.5 Å². The molecule has 0 radical (unpaired) electrons. The van der Waals surface area contributed by atoms with Crippen molar-refractivity contribution in [1.29, 1.82) is 0 Å². The second-order valence-electron chi connectivity index (χ2n) is 8.14. The molecule has 0 spiro atoms. The van der Waals surface area contributed by atoms with Crippen molar-refractivity contribution in [2.75, 3.05) is 23.3 Å². The number of nitrogens with one attached hydrogen (secondary N) is 1. The number of carbonyl (C=O) groups excluding carboxylic acids is 2. The van der Waals surface area contributed by atoms with E-state index in [4.69, 9.17) is 11.6 Å². The number of Topliss-reactive ketones (excluding diaryl/α,β-unsaturated/α-hetero) is 1. The largest absolute Gasteiger partial charge is 0.417 e. The van der Waals surface area contributed by atoms with Gasteiger partial charge in [-0.2, -0.15) is 13.2 Å². The molecule has 4 rings (SSSR count). The molecule has 11 heteroatoms. The van der Waals surface area contributed by atoms with Crippen LogP contribution in [0.3, 0.4) is 0 Å². The highest BCUT2D eigenvalue weighted by molar-refractivity contribution is 6.33. The molecule has 1 saturated carbocycles. The molecule has 2 fully saturated rings. The van der Waals surface area contributed by atoms with E-state index in [9.17, 15) is 22.8 Å². The molecule has 1 atom stereocenters. The summed E-state index contributed by atoms with van der Waals surface area (Å²) < 4.78 is 38.6. The van der Waals surface area contributed by atoms with Gasteiger partial charge < -0.3 is 4.90 Å². The van der Waals surface area contributed by atoms with Gasteiger partial charge >= 0.3 is 6.18 Å². The van der Waals surface area contributed by atoms with Gasteiger partial charge in [0.25, 0.3) is 0 Å². The Kier molecular flexibility index (Phi) is 6.32. The van der Waals surface area contributed by atoms with E-state index in [0.29, 0.717) is 13.1 Å². The Balaban J connectivity index is 1.40. The molecule has 170 valence electrons. The molecule has 2 aliphatic rings. The van der Waals surface area contributed by atoms with Crippen molar-refractivity contribution in [1.82, 2.24) is 15.0 Å². The molecule has 3 heterocycles. The van der Waals surface area contributed by atoms with Gasteiger partial charge in [-0.3, -0.25) is 14.9 Å². The number of amides is 1. The highest BCUT2D eigenvalue weighted by Crippen LogP contribution is 2.35. The number of alkyl halides is 3. The second-order valence-corrected chi connectivity index (χ2v) is 8.54. The lowest BCUT2D eigenvalue weighted by Gasteiger charge is -2.34. The number of pyridine rings is 1. The Labute approximate surface area is 187 Å². The van der Waals surface area contributed by atoms with Crippen LogP contribution in [-0.4, -0.2) is 39.7 Å². The van der Waals surface area contributed by atoms with E-state index < -0.39 is 11.7 Å². The van der Waals surface area contributed by atoms with Gasteiger partial charge in [-0.15, -0.1) is 0 Å². The van der Waals surface area contributed by atoms with Gasteiger partial charge in [-0.05, 0) is 43.7 Å². The Morgan fingerprint density at radius 1 is 1.22 bits per heavy atom. The number of hydrogen-bond donors (Lipinski definition) is 1. The fourth-order valence-electron chi connectivity index (χ4n) is 3.74. The quantitative estimate of drug-likeness (QED) is 0.634. The minimum Gasteiger partial charge on any atom is -0.355 e. The fraction of sp³-hybridized carbons (Fsp3) is 0.476. The van der Waals surface area contributed by atoms with Gasteiger partial charge in [0.2, 0.25) is 11.9 Å². The molecule has 1 amide bonds. The lowest BCUT2D eigenvalue weighted by molar-refractivity contribution is -0.137. The standard InChI is InChI=1S/C21H21ClF3N5O2/c22-15-9-14(21(23,24)25)10-27-18(15)30-7-1-2-12(11-30)8-17(31)16-5-6-26-20(28-16)29-19(32)13-3-4-13/h5-6,9-10,12-13H,1-4,7-8,11H2,(H,26,28,29,32)/t12-/m1/s1. The summed E-state index contributed by atoms with van der Waals surface area (Å²) >= 11 is 6.08. The van der Waals surface area contributed by atoms with Crippen molar-refractivity contribution in [2.45, 2.75) is 38.3 Å². The van der Waals surface area contributed by atoms with Crippen LogP contribution in [0.5, 0.6) is 0 Å². The van der Waals surface area contributed by atoms with E-state index >= 15 is 0 Å². The third-order valence-electron chi connectivity index (χ3n) is 5.57. The number of piperidine rings is 1. The number of nitrogens with zero attached hydrogens (tertiary/aromatic N) is 4. The third-order valence-corrected chi connectivity index (χ3v) is 5.84. The Bertz CT molecular complexity index is 1030. The summed E-state index contributed by atoms with van der Waals surface area (Å²) in [4.78, 5) is 38.6. The summed E-state index contributed by atoms with van der Waals surface area (Å²) in [5, 5.41) is 2.56. The molecule has 2 aromatic rings. The van der Waals surface area contributed by atoms with Gasteiger partial charge in [-0.1, -0.05) is 11.6 Å². The first-order valence-corrected chi connectivity index (χ1v) is 10.7. The topological polar surface area (TPSA) is 88.1 Å². The van der Waals surface area contributed by atoms with E-state index in [1.165, 1.54) is 12.3 Å². The summed E-state index contributed by atoms with van der Waals surface area (Å²) in [6.45, 7) is 1.04. The summed E-state index contributed by atoms with van der Waals surface area (Å²) in [6.07, 6.45) is 1.14. The maximum Gasteiger partial charge on any atom is 0.417 e. The van der Waals surface area contributed by atoms with Crippen molar-refractivity contribution >= 4 is 35.1 Å². The van der Waals surface area contributed by atoms with E-state index in [-0.39, 0.29) is 52.4 Å². The molecule has 1 N–H and O–H groups in total. The highest BCUT2D eigenvalue weighted by atomic mass is 35.5. The lowest BCUT2D eigenvalue weighted by Crippen LogP contribution is -2.37. The zero-order valence-electron chi connectivity index (χ0n) is 17.0. The zero-order valence-corrected chi connectivity index (χ0v) is 17.8. The molecule has 1 saturated heterocycles. The zero-order chi connectivity index (χ0) is 22.9. The first kappa shape index (κ1) is 22.4. The molecule has 32 heavy (non-hydrogen) atoms. The van der Waals surface area contributed by atoms with Crippen LogP contribution >= 0.6 is 11.6 Å². The van der Waals surface area contributed by atoms with Crippen molar-refractivity contribution < 1.29 is 22.8 Å². The molecule has 0 bridgehead atoms. The van der Waals surface area contributed by atoms with Crippen molar-refractivity contribution in [2.24, 2.45) is 11.8 Å². The van der Waals surface area contributed by atoms with Gasteiger partial charge in [-0.25, -0.2) is 15.0 Å². The average molecular weight is 468 g/mol. The van der Waals surface area contributed by atoms with Crippen LogP contribution in [0.25, 0.3) is 0 Å². The first-order chi connectivity index (χ1) is 15.2. The predicted octanol–water partition coefficient (Wildman–Crippen LogP) is 4.38. The number of rotatable bonds is 6. The van der Waals surface area contributed by atoms with Crippen LogP contribution in [0.4, 0.5) is 24.9 Å². The van der Waals surface area contributed by atoms with E-state index in [1.54, 1.807) is 0 Å². The van der Waals surface area contributed by atoms with Gasteiger partial charge in [0.1, 0.15) is 11.5 Å². The van der Waals surface area contributed by atoms with Crippen LogP contribution in [0.1, 0.15) is 48.2 Å². The molecule has 0 unspecified atom stereocenters. The lowest BCUT2D eigenvalue weighted by atomic mass is 9.92. The maximum atomic E-state index is 12.9. The minimum absolute atomic E-state index is 0.00295. The monoisotopic (exact) mass is 467 g/mol. The fourth-order valence-corrected chi connectivity index (χ4v) is 4.03. The van der Waals surface area contributed by atoms with Crippen molar-refractivity contribution in [3.05, 3.63) is 40.8 Å². The van der Waals surface area contributed by atoms with Crippen LogP contribution in [0.2, 0.25) is 5.02 Å². The molecule has 0 aromatic carbocycles. The normalized spacial score (nSPS) is 19.0. The molecule has 2 aromatic heterocycles.